The molecule has 0 radical (unpaired) electrons. The van der Waals surface area contributed by atoms with Gasteiger partial charge in [-0.3, -0.25) is 4.79 Å². The van der Waals surface area contributed by atoms with Crippen molar-refractivity contribution in [2.75, 3.05) is 5.01 Å². The number of hydrogen-bond donors (Lipinski definition) is 0. The van der Waals surface area contributed by atoms with Gasteiger partial charge in [0.05, 0.1) is 17.0 Å². The predicted octanol–water partition coefficient (Wildman–Crippen LogP) is 4.47. The molecule has 2 aromatic rings. The molecular weight excluding hydrogens is 343 g/mol. The van der Waals surface area contributed by atoms with Crippen molar-refractivity contribution in [3.63, 3.8) is 0 Å². The zero-order chi connectivity index (χ0) is 19.1. The molecule has 26 heavy (non-hydrogen) atoms. The predicted molar refractivity (Wildman–Crippen MR) is 95.0 cm³/mol. The fourth-order valence-corrected chi connectivity index (χ4v) is 2.98. The van der Waals surface area contributed by atoms with Crippen molar-refractivity contribution in [2.45, 2.75) is 33.5 Å². The number of benzene rings is 1. The largest absolute Gasteiger partial charge is 0.406 e. The van der Waals surface area contributed by atoms with Crippen molar-refractivity contribution >= 4 is 23.4 Å². The molecule has 1 aromatic carbocycles. The third-order valence-electron chi connectivity index (χ3n) is 4.31. The summed E-state index contributed by atoms with van der Waals surface area (Å²) in [4.78, 5) is 12.7. The second kappa shape index (κ2) is 6.48. The number of carbonyl (C=O) groups excluding carboxylic acids is 1. The number of anilines is 1. The van der Waals surface area contributed by atoms with E-state index in [1.165, 1.54) is 9.58 Å². The molecule has 1 amide bonds. The van der Waals surface area contributed by atoms with Gasteiger partial charge in [0.1, 0.15) is 6.54 Å². The quantitative estimate of drug-likeness (QED) is 0.743. The number of aromatic nitrogens is 1. The van der Waals surface area contributed by atoms with Crippen LogP contribution in [0.3, 0.4) is 0 Å². The molecule has 0 N–H and O–H groups in total. The van der Waals surface area contributed by atoms with Gasteiger partial charge in [-0.1, -0.05) is 18.2 Å². The number of aryl methyl sites for hydroxylation is 1. The van der Waals surface area contributed by atoms with Gasteiger partial charge in [-0.15, -0.1) is 0 Å². The molecule has 0 saturated heterocycles. The average molecular weight is 361 g/mol. The molecule has 2 heterocycles. The van der Waals surface area contributed by atoms with Gasteiger partial charge in [0.2, 0.25) is 0 Å². The Balaban J connectivity index is 1.95. The summed E-state index contributed by atoms with van der Waals surface area (Å²) in [5.74, 6) is -0.297. The Morgan fingerprint density at radius 1 is 1.12 bits per heavy atom. The highest BCUT2D eigenvalue weighted by Crippen LogP contribution is 2.28. The molecule has 3 rings (SSSR count). The molecule has 0 aliphatic carbocycles. The number of hydrogen-bond acceptors (Lipinski definition) is 2. The van der Waals surface area contributed by atoms with Gasteiger partial charge >= 0.3 is 6.18 Å². The highest BCUT2D eigenvalue weighted by molar-refractivity contribution is 6.32. The topological polar surface area (TPSA) is 37.6 Å². The minimum Gasteiger partial charge on any atom is -0.340 e. The molecule has 136 valence electrons. The van der Waals surface area contributed by atoms with Crippen LogP contribution in [0.25, 0.3) is 6.08 Å². The molecule has 0 bridgehead atoms. The van der Waals surface area contributed by atoms with E-state index in [1.54, 1.807) is 57.2 Å². The van der Waals surface area contributed by atoms with E-state index in [1.807, 2.05) is 6.07 Å². The molecule has 1 aliphatic heterocycles. The number of halogens is 3. The summed E-state index contributed by atoms with van der Waals surface area (Å²) in [7, 11) is 0. The maximum absolute atomic E-state index is 12.8. The van der Waals surface area contributed by atoms with E-state index in [9.17, 15) is 18.0 Å². The fourth-order valence-electron chi connectivity index (χ4n) is 2.98. The SMILES string of the molecule is CC1=NN(c2ccccc2)C(=O)/C1=C\c1cc(C)n(CC(F)(F)F)c1C. The molecular formula is C19H18F3N3O. The standard InChI is InChI=1S/C19H18F3N3O/c1-12-9-15(14(3)24(12)11-19(20,21)22)10-17-13(2)23-25(18(17)26)16-7-5-4-6-8-16/h4-10H,11H2,1-3H3/b17-10-. The first kappa shape index (κ1) is 18.0. The monoisotopic (exact) mass is 361 g/mol. The van der Waals surface area contributed by atoms with Crippen molar-refractivity contribution in [1.29, 1.82) is 0 Å². The van der Waals surface area contributed by atoms with Gasteiger partial charge in [0.15, 0.2) is 0 Å². The number of amides is 1. The molecule has 0 saturated carbocycles. The van der Waals surface area contributed by atoms with Gasteiger partial charge in [0.25, 0.3) is 5.91 Å². The average Bonchev–Trinajstić information content (AvgIpc) is 2.99. The van der Waals surface area contributed by atoms with E-state index in [-0.39, 0.29) is 5.91 Å². The summed E-state index contributed by atoms with van der Waals surface area (Å²) >= 11 is 0. The van der Waals surface area contributed by atoms with E-state index >= 15 is 0 Å². The molecule has 7 heteroatoms. The van der Waals surface area contributed by atoms with Crippen molar-refractivity contribution in [3.05, 3.63) is 58.9 Å². The Kier molecular flexibility index (Phi) is 4.48. The summed E-state index contributed by atoms with van der Waals surface area (Å²) in [5, 5.41) is 5.58. The maximum Gasteiger partial charge on any atom is 0.406 e. The summed E-state index contributed by atoms with van der Waals surface area (Å²) in [6.45, 7) is 3.90. The van der Waals surface area contributed by atoms with Gasteiger partial charge in [-0.05, 0) is 50.6 Å². The Morgan fingerprint density at radius 2 is 1.77 bits per heavy atom. The van der Waals surface area contributed by atoms with Crippen LogP contribution in [-0.2, 0) is 11.3 Å². The summed E-state index contributed by atoms with van der Waals surface area (Å²) in [6, 6.07) is 10.6. The fraction of sp³-hybridized carbons (Fsp3) is 0.263. The third kappa shape index (κ3) is 3.42. The molecule has 0 unspecified atom stereocenters. The van der Waals surface area contributed by atoms with E-state index in [4.69, 9.17) is 0 Å². The Labute approximate surface area is 149 Å². The van der Waals surface area contributed by atoms with E-state index in [0.717, 1.165) is 0 Å². The summed E-state index contributed by atoms with van der Waals surface area (Å²) < 4.78 is 39.5. The number of nitrogens with zero attached hydrogens (tertiary/aromatic N) is 3. The number of rotatable bonds is 3. The first-order chi connectivity index (χ1) is 12.2. The number of carbonyl (C=O) groups is 1. The first-order valence-corrected chi connectivity index (χ1v) is 8.07. The van der Waals surface area contributed by atoms with Crippen LogP contribution >= 0.6 is 0 Å². The van der Waals surface area contributed by atoms with Crippen molar-refractivity contribution in [3.8, 4) is 0 Å². The lowest BCUT2D eigenvalue weighted by atomic mass is 10.1. The van der Waals surface area contributed by atoms with E-state index in [2.05, 4.69) is 5.10 Å². The normalized spacial score (nSPS) is 16.5. The van der Waals surface area contributed by atoms with Crippen LogP contribution in [0.4, 0.5) is 18.9 Å². The molecule has 4 nitrogen and oxygen atoms in total. The highest BCUT2D eigenvalue weighted by atomic mass is 19.4. The molecule has 1 aliphatic rings. The van der Waals surface area contributed by atoms with Crippen LogP contribution in [0, 0.1) is 13.8 Å². The van der Waals surface area contributed by atoms with Crippen molar-refractivity contribution in [2.24, 2.45) is 5.10 Å². The zero-order valence-corrected chi connectivity index (χ0v) is 14.6. The van der Waals surface area contributed by atoms with Crippen LogP contribution in [0.15, 0.2) is 47.1 Å². The number of alkyl halides is 3. The Morgan fingerprint density at radius 3 is 2.38 bits per heavy atom. The van der Waals surface area contributed by atoms with Gasteiger partial charge in [-0.25, -0.2) is 0 Å². The molecule has 1 aromatic heterocycles. The van der Waals surface area contributed by atoms with Crippen LogP contribution in [0.1, 0.15) is 23.9 Å². The van der Waals surface area contributed by atoms with Crippen molar-refractivity contribution < 1.29 is 18.0 Å². The van der Waals surface area contributed by atoms with Crippen LogP contribution in [0.2, 0.25) is 0 Å². The molecule has 0 atom stereocenters. The number of para-hydroxylation sites is 1. The van der Waals surface area contributed by atoms with E-state index < -0.39 is 12.7 Å². The van der Waals surface area contributed by atoms with Crippen LogP contribution in [0.5, 0.6) is 0 Å². The minimum absolute atomic E-state index is 0.297. The lowest BCUT2D eigenvalue weighted by molar-refractivity contribution is -0.141. The number of hydrazone groups is 1. The second-order valence-corrected chi connectivity index (χ2v) is 6.22. The van der Waals surface area contributed by atoms with Gasteiger partial charge in [-0.2, -0.15) is 23.3 Å². The third-order valence-corrected chi connectivity index (χ3v) is 4.31. The Hall–Kier alpha value is -2.83. The smallest absolute Gasteiger partial charge is 0.340 e. The highest BCUT2D eigenvalue weighted by Gasteiger charge is 2.31. The first-order valence-electron chi connectivity index (χ1n) is 8.07. The lowest BCUT2D eigenvalue weighted by Crippen LogP contribution is -2.21. The second-order valence-electron chi connectivity index (χ2n) is 6.22. The van der Waals surface area contributed by atoms with Gasteiger partial charge in [0, 0.05) is 11.4 Å². The lowest BCUT2D eigenvalue weighted by Gasteiger charge is -2.12. The van der Waals surface area contributed by atoms with E-state index in [0.29, 0.717) is 33.9 Å². The van der Waals surface area contributed by atoms with Crippen molar-refractivity contribution in [1.82, 2.24) is 4.57 Å². The molecule has 0 spiro atoms. The minimum atomic E-state index is -4.30. The zero-order valence-electron chi connectivity index (χ0n) is 14.6. The van der Waals surface area contributed by atoms with Gasteiger partial charge < -0.3 is 4.57 Å². The maximum atomic E-state index is 12.8. The van der Waals surface area contributed by atoms with Crippen LogP contribution < -0.4 is 5.01 Å². The molecule has 0 fully saturated rings. The summed E-state index contributed by atoms with van der Waals surface area (Å²) in [5.41, 5.74) is 3.08. The summed E-state index contributed by atoms with van der Waals surface area (Å²) in [6.07, 6.45) is -2.69. The van der Waals surface area contributed by atoms with Crippen LogP contribution in [-0.4, -0.2) is 22.4 Å². The Bertz CT molecular complexity index is 908.